The van der Waals surface area contributed by atoms with Crippen molar-refractivity contribution in [3.63, 3.8) is 0 Å². The third-order valence-corrected chi connectivity index (χ3v) is 5.39. The molecule has 2 fully saturated rings. The van der Waals surface area contributed by atoms with E-state index in [1.54, 1.807) is 0 Å². The second-order valence-corrected chi connectivity index (χ2v) is 7.12. The van der Waals surface area contributed by atoms with Crippen LogP contribution < -0.4 is 0 Å². The third-order valence-electron chi connectivity index (χ3n) is 5.39. The van der Waals surface area contributed by atoms with Gasteiger partial charge in [0, 0.05) is 25.2 Å². The van der Waals surface area contributed by atoms with Crippen molar-refractivity contribution in [1.82, 2.24) is 9.80 Å². The van der Waals surface area contributed by atoms with E-state index in [0.29, 0.717) is 12.1 Å². The Bertz CT molecular complexity index is 240. The normalized spacial score (nSPS) is 22.0. The maximum Gasteiger partial charge on any atom is 0.0793 e. The zero-order valence-electron chi connectivity index (χ0n) is 14.0. The molecule has 0 aromatic rings. The van der Waals surface area contributed by atoms with Crippen molar-refractivity contribution in [1.29, 1.82) is 0 Å². The quantitative estimate of drug-likeness (QED) is 0.814. The lowest BCUT2D eigenvalue weighted by Crippen LogP contribution is -2.45. The topological polar surface area (TPSA) is 26.7 Å². The summed E-state index contributed by atoms with van der Waals surface area (Å²) in [6, 6.07) is 1.41. The first-order chi connectivity index (χ1) is 9.66. The minimum absolute atomic E-state index is 0. The summed E-state index contributed by atoms with van der Waals surface area (Å²) >= 11 is 0. The molecule has 0 aliphatic heterocycles. The van der Waals surface area contributed by atoms with Crippen molar-refractivity contribution in [2.24, 2.45) is 0 Å². The van der Waals surface area contributed by atoms with Crippen LogP contribution in [0.1, 0.15) is 64.2 Å². The molecule has 0 saturated heterocycles. The fourth-order valence-corrected chi connectivity index (χ4v) is 4.06. The van der Waals surface area contributed by atoms with Crippen LogP contribution >= 0.6 is 12.4 Å². The van der Waals surface area contributed by atoms with Crippen LogP contribution in [0.25, 0.3) is 0 Å². The Morgan fingerprint density at radius 2 is 1.10 bits per heavy atom. The molecule has 0 amide bonds. The van der Waals surface area contributed by atoms with Crippen molar-refractivity contribution < 1.29 is 5.11 Å². The van der Waals surface area contributed by atoms with Gasteiger partial charge >= 0.3 is 0 Å². The van der Waals surface area contributed by atoms with Gasteiger partial charge in [-0.25, -0.2) is 0 Å². The van der Waals surface area contributed by atoms with Crippen molar-refractivity contribution in [3.8, 4) is 0 Å². The summed E-state index contributed by atoms with van der Waals surface area (Å²) in [6.45, 7) is 1.67. The Labute approximate surface area is 137 Å². The summed E-state index contributed by atoms with van der Waals surface area (Å²) in [5, 5.41) is 10.4. The summed E-state index contributed by atoms with van der Waals surface area (Å²) in [7, 11) is 4.39. The van der Waals surface area contributed by atoms with E-state index in [0.717, 1.165) is 13.1 Å². The van der Waals surface area contributed by atoms with E-state index in [2.05, 4.69) is 23.9 Å². The van der Waals surface area contributed by atoms with Crippen molar-refractivity contribution in [2.45, 2.75) is 82.4 Å². The summed E-state index contributed by atoms with van der Waals surface area (Å²) < 4.78 is 0. The van der Waals surface area contributed by atoms with Crippen LogP contribution in [0.15, 0.2) is 0 Å². The lowest BCUT2D eigenvalue weighted by Gasteiger charge is -2.35. The van der Waals surface area contributed by atoms with Gasteiger partial charge in [0.15, 0.2) is 0 Å². The molecule has 4 heteroatoms. The highest BCUT2D eigenvalue weighted by molar-refractivity contribution is 5.85. The van der Waals surface area contributed by atoms with Crippen LogP contribution in [0, 0.1) is 0 Å². The van der Waals surface area contributed by atoms with E-state index < -0.39 is 0 Å². The minimum atomic E-state index is -0.200. The van der Waals surface area contributed by atoms with Gasteiger partial charge in [-0.2, -0.15) is 0 Å². The number of nitrogens with zero attached hydrogens (tertiary/aromatic N) is 2. The van der Waals surface area contributed by atoms with Crippen LogP contribution in [0.4, 0.5) is 0 Å². The number of hydrogen-bond donors (Lipinski definition) is 1. The molecule has 2 saturated carbocycles. The van der Waals surface area contributed by atoms with Crippen molar-refractivity contribution in [2.75, 3.05) is 27.2 Å². The van der Waals surface area contributed by atoms with Gasteiger partial charge in [-0.1, -0.05) is 38.5 Å². The molecule has 0 atom stereocenters. The molecule has 3 nitrogen and oxygen atoms in total. The number of likely N-dealkylation sites (N-methyl/N-ethyl adjacent to an activating group) is 2. The fraction of sp³-hybridized carbons (Fsp3) is 1.00. The molecule has 2 aliphatic rings. The lowest BCUT2D eigenvalue weighted by atomic mass is 9.94. The highest BCUT2D eigenvalue weighted by Crippen LogP contribution is 2.23. The van der Waals surface area contributed by atoms with E-state index in [1.807, 2.05) is 0 Å². The Balaban J connectivity index is 0.00000220. The molecular weight excluding hydrogens is 284 g/mol. The molecule has 2 aliphatic carbocycles. The Morgan fingerprint density at radius 1 is 0.762 bits per heavy atom. The summed E-state index contributed by atoms with van der Waals surface area (Å²) in [6.07, 6.45) is 13.4. The fourth-order valence-electron chi connectivity index (χ4n) is 4.06. The van der Waals surface area contributed by atoms with E-state index in [1.165, 1.54) is 64.2 Å². The van der Waals surface area contributed by atoms with Crippen LogP contribution in [-0.4, -0.2) is 60.3 Å². The molecule has 21 heavy (non-hydrogen) atoms. The largest absolute Gasteiger partial charge is 0.390 e. The maximum absolute atomic E-state index is 10.4. The highest BCUT2D eigenvalue weighted by Gasteiger charge is 2.23. The molecule has 2 rings (SSSR count). The van der Waals surface area contributed by atoms with Gasteiger partial charge < -0.3 is 14.9 Å². The molecule has 126 valence electrons. The first-order valence-electron chi connectivity index (χ1n) is 8.75. The van der Waals surface area contributed by atoms with E-state index in [4.69, 9.17) is 0 Å². The Morgan fingerprint density at radius 3 is 1.43 bits per heavy atom. The zero-order valence-corrected chi connectivity index (χ0v) is 14.8. The Hall–Kier alpha value is 0.170. The molecule has 0 spiro atoms. The number of halogens is 1. The van der Waals surface area contributed by atoms with Gasteiger partial charge in [0.25, 0.3) is 0 Å². The summed E-state index contributed by atoms with van der Waals surface area (Å²) in [5.74, 6) is 0. The summed E-state index contributed by atoms with van der Waals surface area (Å²) in [5.41, 5.74) is 0. The number of rotatable bonds is 6. The summed E-state index contributed by atoms with van der Waals surface area (Å²) in [4.78, 5) is 4.80. The van der Waals surface area contributed by atoms with Gasteiger partial charge in [-0.3, -0.25) is 0 Å². The zero-order chi connectivity index (χ0) is 14.4. The smallest absolute Gasteiger partial charge is 0.0793 e. The van der Waals surface area contributed by atoms with E-state index in [-0.39, 0.29) is 18.5 Å². The van der Waals surface area contributed by atoms with Crippen molar-refractivity contribution in [3.05, 3.63) is 0 Å². The average Bonchev–Trinajstić information content (AvgIpc) is 2.49. The van der Waals surface area contributed by atoms with Gasteiger partial charge in [-0.15, -0.1) is 12.4 Å². The number of hydrogen-bond acceptors (Lipinski definition) is 3. The highest BCUT2D eigenvalue weighted by atomic mass is 35.5. The average molecular weight is 319 g/mol. The predicted octanol–water partition coefficient (Wildman–Crippen LogP) is 3.30. The van der Waals surface area contributed by atoms with Crippen LogP contribution in [0.5, 0.6) is 0 Å². The molecular formula is C17H35ClN2O. The SMILES string of the molecule is CN(CC(O)CN(C)C1CCCCC1)C1CCCCC1.Cl. The minimum Gasteiger partial charge on any atom is -0.390 e. The number of aliphatic hydroxyl groups excluding tert-OH is 1. The predicted molar refractivity (Wildman–Crippen MR) is 92.3 cm³/mol. The number of aliphatic hydroxyl groups is 1. The molecule has 0 radical (unpaired) electrons. The third kappa shape index (κ3) is 6.43. The van der Waals surface area contributed by atoms with Crippen LogP contribution in [-0.2, 0) is 0 Å². The first kappa shape index (κ1) is 19.2. The molecule has 0 unspecified atom stereocenters. The van der Waals surface area contributed by atoms with Gasteiger partial charge in [-0.05, 0) is 39.8 Å². The monoisotopic (exact) mass is 318 g/mol. The van der Waals surface area contributed by atoms with E-state index >= 15 is 0 Å². The standard InChI is InChI=1S/C17H34N2O.ClH/c1-18(15-9-5-3-6-10-15)13-17(20)14-19(2)16-11-7-4-8-12-16;/h15-17,20H,3-14H2,1-2H3;1H. The lowest BCUT2D eigenvalue weighted by molar-refractivity contribution is 0.0512. The second-order valence-electron chi connectivity index (χ2n) is 7.12. The molecule has 0 aromatic heterocycles. The van der Waals surface area contributed by atoms with Crippen LogP contribution in [0.3, 0.4) is 0 Å². The molecule has 0 heterocycles. The molecule has 0 bridgehead atoms. The van der Waals surface area contributed by atoms with Crippen molar-refractivity contribution >= 4 is 12.4 Å². The van der Waals surface area contributed by atoms with E-state index in [9.17, 15) is 5.11 Å². The molecule has 1 N–H and O–H groups in total. The van der Waals surface area contributed by atoms with Gasteiger partial charge in [0.1, 0.15) is 0 Å². The maximum atomic E-state index is 10.4. The van der Waals surface area contributed by atoms with Gasteiger partial charge in [0.05, 0.1) is 6.10 Å². The molecule has 0 aromatic carbocycles. The Kier molecular flexibility index (Phi) is 9.19. The second kappa shape index (κ2) is 10.0. The first-order valence-corrected chi connectivity index (χ1v) is 8.75. The van der Waals surface area contributed by atoms with Crippen LogP contribution in [0.2, 0.25) is 0 Å². The van der Waals surface area contributed by atoms with Gasteiger partial charge in [0.2, 0.25) is 0 Å².